The molecular formula is C15H15BrF3N3O. The number of carbonyl (C=O) groups excluding carboxylic acids is 1. The Morgan fingerprint density at radius 1 is 1.39 bits per heavy atom. The zero-order chi connectivity index (χ0) is 17.6. The fourth-order valence-corrected chi connectivity index (χ4v) is 2.34. The van der Waals surface area contributed by atoms with Gasteiger partial charge in [0.1, 0.15) is 6.54 Å². The molecule has 0 aliphatic rings. The molecule has 0 aliphatic heterocycles. The molecule has 1 aromatic carbocycles. The SMILES string of the molecule is CCCC(=N)C(=O)N(CC#N)C(c1ccc(Br)cc1)C(F)(F)F. The van der Waals surface area contributed by atoms with E-state index in [1.54, 1.807) is 13.0 Å². The van der Waals surface area contributed by atoms with Crippen LogP contribution in [0.5, 0.6) is 0 Å². The van der Waals surface area contributed by atoms with Crippen molar-refractivity contribution in [3.05, 3.63) is 34.3 Å². The number of halogens is 4. The molecule has 0 aromatic heterocycles. The maximum absolute atomic E-state index is 13.5. The number of nitriles is 1. The van der Waals surface area contributed by atoms with E-state index in [0.717, 1.165) is 0 Å². The summed E-state index contributed by atoms with van der Waals surface area (Å²) >= 11 is 3.14. The van der Waals surface area contributed by atoms with E-state index in [9.17, 15) is 18.0 Å². The summed E-state index contributed by atoms with van der Waals surface area (Å²) in [4.78, 5) is 12.6. The average Bonchev–Trinajstić information content (AvgIpc) is 2.47. The zero-order valence-corrected chi connectivity index (χ0v) is 13.9. The summed E-state index contributed by atoms with van der Waals surface area (Å²) in [6.45, 7) is 0.970. The molecule has 1 unspecified atom stereocenters. The Balaban J connectivity index is 3.30. The van der Waals surface area contributed by atoms with Crippen LogP contribution in [0, 0.1) is 16.7 Å². The van der Waals surface area contributed by atoms with E-state index in [0.29, 0.717) is 15.8 Å². The molecule has 0 fully saturated rings. The highest BCUT2D eigenvalue weighted by Gasteiger charge is 2.47. The van der Waals surface area contributed by atoms with E-state index in [2.05, 4.69) is 15.9 Å². The first-order valence-corrected chi connectivity index (χ1v) is 7.59. The Kier molecular flexibility index (Phi) is 6.76. The van der Waals surface area contributed by atoms with Crippen molar-refractivity contribution in [2.24, 2.45) is 0 Å². The molecule has 0 bridgehead atoms. The molecule has 8 heteroatoms. The highest BCUT2D eigenvalue weighted by Crippen LogP contribution is 2.38. The largest absolute Gasteiger partial charge is 0.413 e. The van der Waals surface area contributed by atoms with Gasteiger partial charge in [0.15, 0.2) is 6.04 Å². The summed E-state index contributed by atoms with van der Waals surface area (Å²) in [7, 11) is 0. The highest BCUT2D eigenvalue weighted by molar-refractivity contribution is 9.10. The molecule has 0 heterocycles. The minimum absolute atomic E-state index is 0.0612. The van der Waals surface area contributed by atoms with E-state index in [-0.39, 0.29) is 12.0 Å². The smallest absolute Gasteiger partial charge is 0.308 e. The van der Waals surface area contributed by atoms with Gasteiger partial charge in [-0.25, -0.2) is 0 Å². The Hall–Kier alpha value is -1.88. The lowest BCUT2D eigenvalue weighted by molar-refractivity contribution is -0.188. The summed E-state index contributed by atoms with van der Waals surface area (Å²) in [5.41, 5.74) is -0.595. The first kappa shape index (κ1) is 19.2. The number of nitrogens with one attached hydrogen (secondary N) is 1. The maximum atomic E-state index is 13.5. The Labute approximate surface area is 140 Å². The van der Waals surface area contributed by atoms with Crippen molar-refractivity contribution >= 4 is 27.5 Å². The number of nitrogens with zero attached hydrogens (tertiary/aromatic N) is 2. The lowest BCUT2D eigenvalue weighted by Crippen LogP contribution is -2.45. The van der Waals surface area contributed by atoms with E-state index >= 15 is 0 Å². The lowest BCUT2D eigenvalue weighted by atomic mass is 10.0. The third kappa shape index (κ3) is 5.06. The third-order valence-corrected chi connectivity index (χ3v) is 3.60. The molecule has 1 amide bonds. The lowest BCUT2D eigenvalue weighted by Gasteiger charge is -2.32. The quantitative estimate of drug-likeness (QED) is 0.584. The number of carbonyl (C=O) groups is 1. The minimum Gasteiger partial charge on any atom is -0.308 e. The summed E-state index contributed by atoms with van der Waals surface area (Å²) < 4.78 is 41.1. The van der Waals surface area contributed by atoms with Crippen LogP contribution >= 0.6 is 15.9 Å². The molecule has 0 radical (unpaired) electrons. The number of benzene rings is 1. The van der Waals surface area contributed by atoms with Gasteiger partial charge in [-0.05, 0) is 24.1 Å². The van der Waals surface area contributed by atoms with E-state index in [1.807, 2.05) is 0 Å². The molecule has 1 N–H and O–H groups in total. The van der Waals surface area contributed by atoms with Gasteiger partial charge in [-0.2, -0.15) is 18.4 Å². The third-order valence-electron chi connectivity index (χ3n) is 3.07. The highest BCUT2D eigenvalue weighted by atomic mass is 79.9. The van der Waals surface area contributed by atoms with Crippen LogP contribution in [0.15, 0.2) is 28.7 Å². The molecule has 1 rings (SSSR count). The van der Waals surface area contributed by atoms with Gasteiger partial charge in [0, 0.05) is 4.47 Å². The predicted octanol–water partition coefficient (Wildman–Crippen LogP) is 4.22. The van der Waals surface area contributed by atoms with Crippen LogP contribution in [-0.4, -0.2) is 29.2 Å². The summed E-state index contributed by atoms with van der Waals surface area (Å²) in [5, 5.41) is 16.4. The molecule has 0 aliphatic carbocycles. The van der Waals surface area contributed by atoms with Crippen LogP contribution in [0.25, 0.3) is 0 Å². The van der Waals surface area contributed by atoms with Gasteiger partial charge in [-0.1, -0.05) is 41.4 Å². The zero-order valence-electron chi connectivity index (χ0n) is 12.3. The van der Waals surface area contributed by atoms with Crippen LogP contribution in [0.1, 0.15) is 31.4 Å². The Bertz CT molecular complexity index is 608. The van der Waals surface area contributed by atoms with Gasteiger partial charge in [0.25, 0.3) is 5.91 Å². The minimum atomic E-state index is -4.76. The molecule has 0 spiro atoms. The molecule has 4 nitrogen and oxygen atoms in total. The maximum Gasteiger partial charge on any atom is 0.413 e. The first-order chi connectivity index (χ1) is 10.7. The van der Waals surface area contributed by atoms with Crippen molar-refractivity contribution < 1.29 is 18.0 Å². The summed E-state index contributed by atoms with van der Waals surface area (Å²) in [6.07, 6.45) is -4.24. The second-order valence-corrected chi connectivity index (χ2v) is 5.73. The van der Waals surface area contributed by atoms with Crippen molar-refractivity contribution in [3.63, 3.8) is 0 Å². The van der Waals surface area contributed by atoms with Crippen LogP contribution < -0.4 is 0 Å². The first-order valence-electron chi connectivity index (χ1n) is 6.79. The topological polar surface area (TPSA) is 68.0 Å². The number of amides is 1. The normalized spacial score (nSPS) is 12.3. The van der Waals surface area contributed by atoms with Crippen LogP contribution in [0.3, 0.4) is 0 Å². The monoisotopic (exact) mass is 389 g/mol. The van der Waals surface area contributed by atoms with Crippen LogP contribution in [0.2, 0.25) is 0 Å². The van der Waals surface area contributed by atoms with Crippen molar-refractivity contribution in [1.29, 1.82) is 10.7 Å². The molecule has 0 saturated carbocycles. The van der Waals surface area contributed by atoms with Crippen molar-refractivity contribution in [2.45, 2.75) is 32.0 Å². The Morgan fingerprint density at radius 2 is 1.96 bits per heavy atom. The molecule has 0 saturated heterocycles. The van der Waals surface area contributed by atoms with Crippen LogP contribution in [0.4, 0.5) is 13.2 Å². The predicted molar refractivity (Wildman–Crippen MR) is 82.9 cm³/mol. The average molecular weight is 390 g/mol. The van der Waals surface area contributed by atoms with Gasteiger partial charge in [-0.3, -0.25) is 10.2 Å². The summed E-state index contributed by atoms with van der Waals surface area (Å²) in [5.74, 6) is -1.07. The van der Waals surface area contributed by atoms with Crippen molar-refractivity contribution in [2.75, 3.05) is 6.54 Å². The van der Waals surface area contributed by atoms with E-state index in [1.165, 1.54) is 24.3 Å². The molecule has 124 valence electrons. The van der Waals surface area contributed by atoms with Crippen molar-refractivity contribution in [1.82, 2.24) is 4.90 Å². The second kappa shape index (κ2) is 8.11. The number of rotatable bonds is 6. The number of hydrogen-bond acceptors (Lipinski definition) is 3. The van der Waals surface area contributed by atoms with E-state index < -0.39 is 30.4 Å². The fraction of sp³-hybridized carbons (Fsp3) is 0.400. The van der Waals surface area contributed by atoms with Gasteiger partial charge in [0.2, 0.25) is 0 Å². The van der Waals surface area contributed by atoms with Gasteiger partial charge in [-0.15, -0.1) is 0 Å². The molecule has 1 aromatic rings. The molecule has 1 atom stereocenters. The van der Waals surface area contributed by atoms with Gasteiger partial charge >= 0.3 is 6.18 Å². The standard InChI is InChI=1S/C15H15BrF3N3O/c1-2-3-12(21)14(23)22(9-8-20)13(15(17,18)19)10-4-6-11(16)7-5-10/h4-7,13,21H,2-3,9H2,1H3. The summed E-state index contributed by atoms with van der Waals surface area (Å²) in [6, 6.07) is 4.66. The number of hydrogen-bond donors (Lipinski definition) is 1. The van der Waals surface area contributed by atoms with Crippen LogP contribution in [-0.2, 0) is 4.79 Å². The van der Waals surface area contributed by atoms with E-state index in [4.69, 9.17) is 10.7 Å². The Morgan fingerprint density at radius 3 is 2.39 bits per heavy atom. The van der Waals surface area contributed by atoms with Gasteiger partial charge < -0.3 is 4.90 Å². The van der Waals surface area contributed by atoms with Crippen molar-refractivity contribution in [3.8, 4) is 6.07 Å². The number of alkyl halides is 3. The molecular weight excluding hydrogens is 375 g/mol. The second-order valence-electron chi connectivity index (χ2n) is 4.82. The molecule has 23 heavy (non-hydrogen) atoms. The fourth-order valence-electron chi connectivity index (χ4n) is 2.08. The van der Waals surface area contributed by atoms with Gasteiger partial charge in [0.05, 0.1) is 11.8 Å².